The van der Waals surface area contributed by atoms with E-state index in [9.17, 15) is 4.79 Å². The first kappa shape index (κ1) is 20.0. The van der Waals surface area contributed by atoms with Crippen molar-refractivity contribution < 1.29 is 14.3 Å². The summed E-state index contributed by atoms with van der Waals surface area (Å²) in [6.07, 6.45) is 0. The Morgan fingerprint density at radius 3 is 2.73 bits per heavy atom. The minimum atomic E-state index is -0.399. The van der Waals surface area contributed by atoms with Crippen LogP contribution in [0.5, 0.6) is 11.5 Å². The highest BCUT2D eigenvalue weighted by atomic mass is 32.2. The number of methoxy groups -OCH3 is 2. The van der Waals surface area contributed by atoms with Crippen LogP contribution in [0.4, 0.5) is 0 Å². The number of fused-ring (bicyclic) bond motifs is 1. The fourth-order valence-corrected chi connectivity index (χ4v) is 4.23. The number of rotatable bonds is 7. The van der Waals surface area contributed by atoms with E-state index in [0.29, 0.717) is 27.9 Å². The molecule has 0 amide bonds. The molecule has 8 nitrogen and oxygen atoms in total. The number of hydrogen-bond acceptors (Lipinski definition) is 7. The molecule has 0 aliphatic carbocycles. The first-order valence-corrected chi connectivity index (χ1v) is 10.2. The molecule has 0 saturated carbocycles. The van der Waals surface area contributed by atoms with Gasteiger partial charge in [0.15, 0.2) is 5.78 Å². The highest BCUT2D eigenvalue weighted by Gasteiger charge is 2.25. The average Bonchev–Trinajstić information content (AvgIpc) is 3.35. The van der Waals surface area contributed by atoms with Gasteiger partial charge in [-0.3, -0.25) is 4.79 Å². The number of hydrogen-bond donors (Lipinski definition) is 1. The van der Waals surface area contributed by atoms with E-state index in [1.54, 1.807) is 37.1 Å². The second-order valence-electron chi connectivity index (χ2n) is 6.71. The maximum Gasteiger partial charge on any atom is 0.214 e. The molecule has 30 heavy (non-hydrogen) atoms. The molecule has 2 aromatic heterocycles. The van der Waals surface area contributed by atoms with Gasteiger partial charge in [0.25, 0.3) is 0 Å². The zero-order chi connectivity index (χ0) is 21.3. The fourth-order valence-electron chi connectivity index (χ4n) is 3.37. The van der Waals surface area contributed by atoms with E-state index in [1.165, 1.54) is 11.8 Å². The second-order valence-corrected chi connectivity index (χ2v) is 8.01. The number of tetrazole rings is 1. The third-order valence-electron chi connectivity index (χ3n) is 4.85. The Kier molecular flexibility index (Phi) is 5.45. The summed E-state index contributed by atoms with van der Waals surface area (Å²) in [5, 5.41) is 13.0. The molecular formula is C21H21N5O3S. The number of carbonyl (C=O) groups is 1. The molecule has 0 bridgehead atoms. The fraction of sp³-hybridized carbons (Fsp3) is 0.238. The molecule has 2 aromatic carbocycles. The molecule has 2 heterocycles. The Morgan fingerprint density at radius 2 is 1.97 bits per heavy atom. The summed E-state index contributed by atoms with van der Waals surface area (Å²) >= 11 is 1.29. The number of thioether (sulfide) groups is 1. The van der Waals surface area contributed by atoms with Crippen LogP contribution in [0.2, 0.25) is 0 Å². The number of para-hydroxylation sites is 1. The predicted octanol–water partition coefficient (Wildman–Crippen LogP) is 3.83. The molecule has 0 aliphatic heterocycles. The maximum atomic E-state index is 13.3. The first-order chi connectivity index (χ1) is 14.5. The average molecular weight is 423 g/mol. The summed E-state index contributed by atoms with van der Waals surface area (Å²) in [5.41, 5.74) is 3.13. The third-order valence-corrected chi connectivity index (χ3v) is 5.88. The summed E-state index contributed by atoms with van der Waals surface area (Å²) in [6.45, 7) is 3.77. The van der Waals surface area contributed by atoms with Gasteiger partial charge in [0, 0.05) is 28.2 Å². The van der Waals surface area contributed by atoms with Crippen molar-refractivity contribution in [3.8, 4) is 17.2 Å². The number of ether oxygens (including phenoxy) is 2. The number of benzene rings is 2. The van der Waals surface area contributed by atoms with Gasteiger partial charge in [-0.15, -0.1) is 5.10 Å². The van der Waals surface area contributed by atoms with Crippen LogP contribution >= 0.6 is 11.8 Å². The van der Waals surface area contributed by atoms with Gasteiger partial charge in [-0.05, 0) is 42.5 Å². The number of Topliss-reactive ketones (excluding diaryl/α,β-unsaturated/α-hetero) is 1. The van der Waals surface area contributed by atoms with Crippen LogP contribution in [0.15, 0.2) is 47.6 Å². The van der Waals surface area contributed by atoms with Gasteiger partial charge < -0.3 is 14.5 Å². The molecule has 1 atom stereocenters. The van der Waals surface area contributed by atoms with Crippen molar-refractivity contribution in [1.29, 1.82) is 0 Å². The summed E-state index contributed by atoms with van der Waals surface area (Å²) in [5.74, 6) is 1.26. The number of nitrogens with one attached hydrogen (secondary N) is 1. The Bertz CT molecular complexity index is 1220. The zero-order valence-electron chi connectivity index (χ0n) is 17.0. The molecular weight excluding hydrogens is 402 g/mol. The van der Waals surface area contributed by atoms with Crippen molar-refractivity contribution in [2.45, 2.75) is 24.3 Å². The lowest BCUT2D eigenvalue weighted by atomic mass is 10.1. The van der Waals surface area contributed by atoms with Crippen LogP contribution in [0.1, 0.15) is 23.0 Å². The van der Waals surface area contributed by atoms with Gasteiger partial charge in [-0.2, -0.15) is 4.68 Å². The van der Waals surface area contributed by atoms with Crippen molar-refractivity contribution in [3.05, 3.63) is 53.7 Å². The van der Waals surface area contributed by atoms with Crippen molar-refractivity contribution in [2.75, 3.05) is 14.2 Å². The molecule has 1 unspecified atom stereocenters. The smallest absolute Gasteiger partial charge is 0.214 e. The van der Waals surface area contributed by atoms with E-state index in [2.05, 4.69) is 20.5 Å². The minimum Gasteiger partial charge on any atom is -0.497 e. The predicted molar refractivity (Wildman–Crippen MR) is 115 cm³/mol. The number of aryl methyl sites for hydroxylation is 1. The van der Waals surface area contributed by atoms with Gasteiger partial charge in [0.1, 0.15) is 17.2 Å². The molecule has 0 radical (unpaired) electrons. The van der Waals surface area contributed by atoms with E-state index in [1.807, 2.05) is 38.1 Å². The standard InChI is InChI=1S/C21H21N5O3S/c1-12-19(15-7-5-6-8-16(15)22-12)20(27)13(2)30-21-23-24-25-26(21)17-11-14(28-3)9-10-18(17)29-4/h5-11,13,22H,1-4H3. The Hall–Kier alpha value is -3.33. The summed E-state index contributed by atoms with van der Waals surface area (Å²) < 4.78 is 12.3. The number of carbonyl (C=O) groups excluding carboxylic acids is 1. The first-order valence-electron chi connectivity index (χ1n) is 9.32. The van der Waals surface area contributed by atoms with E-state index in [0.717, 1.165) is 16.6 Å². The molecule has 9 heteroatoms. The van der Waals surface area contributed by atoms with E-state index >= 15 is 0 Å². The van der Waals surface area contributed by atoms with Gasteiger partial charge in [0.2, 0.25) is 5.16 Å². The van der Waals surface area contributed by atoms with Gasteiger partial charge >= 0.3 is 0 Å². The molecule has 0 spiro atoms. The Labute approximate surface area is 177 Å². The number of aromatic nitrogens is 5. The van der Waals surface area contributed by atoms with Gasteiger partial charge in [-0.1, -0.05) is 30.0 Å². The van der Waals surface area contributed by atoms with Crippen LogP contribution in [-0.4, -0.2) is 50.4 Å². The van der Waals surface area contributed by atoms with Crippen molar-refractivity contribution >= 4 is 28.4 Å². The third kappa shape index (κ3) is 3.52. The van der Waals surface area contributed by atoms with Crippen molar-refractivity contribution in [1.82, 2.24) is 25.2 Å². The summed E-state index contributed by atoms with van der Waals surface area (Å²) in [6, 6.07) is 13.2. The summed E-state index contributed by atoms with van der Waals surface area (Å²) in [4.78, 5) is 16.6. The van der Waals surface area contributed by atoms with Gasteiger partial charge in [0.05, 0.1) is 19.5 Å². The monoisotopic (exact) mass is 423 g/mol. The minimum absolute atomic E-state index is 0.0158. The molecule has 0 aliphatic rings. The van der Waals surface area contributed by atoms with Crippen molar-refractivity contribution in [3.63, 3.8) is 0 Å². The lowest BCUT2D eigenvalue weighted by Gasteiger charge is -2.13. The molecule has 1 N–H and O–H groups in total. The number of ketones is 1. The quantitative estimate of drug-likeness (QED) is 0.356. The molecule has 154 valence electrons. The lowest BCUT2D eigenvalue weighted by Crippen LogP contribution is -2.15. The lowest BCUT2D eigenvalue weighted by molar-refractivity contribution is 0.0995. The van der Waals surface area contributed by atoms with Gasteiger partial charge in [-0.25, -0.2) is 0 Å². The highest BCUT2D eigenvalue weighted by molar-refractivity contribution is 8.00. The maximum absolute atomic E-state index is 13.3. The number of aromatic amines is 1. The Morgan fingerprint density at radius 1 is 1.17 bits per heavy atom. The molecule has 4 rings (SSSR count). The summed E-state index contributed by atoms with van der Waals surface area (Å²) in [7, 11) is 3.17. The van der Waals surface area contributed by atoms with Crippen LogP contribution in [0, 0.1) is 6.92 Å². The van der Waals surface area contributed by atoms with E-state index in [-0.39, 0.29) is 5.78 Å². The highest BCUT2D eigenvalue weighted by Crippen LogP contribution is 2.33. The number of H-pyrrole nitrogens is 1. The largest absolute Gasteiger partial charge is 0.497 e. The van der Waals surface area contributed by atoms with Crippen LogP contribution < -0.4 is 9.47 Å². The topological polar surface area (TPSA) is 94.9 Å². The Balaban J connectivity index is 1.66. The molecule has 0 fully saturated rings. The molecule has 4 aromatic rings. The van der Waals surface area contributed by atoms with Crippen LogP contribution in [0.3, 0.4) is 0 Å². The SMILES string of the molecule is COc1ccc(OC)c(-n2nnnc2SC(C)C(=O)c2c(C)[nH]c3ccccc23)c1. The van der Waals surface area contributed by atoms with E-state index in [4.69, 9.17) is 9.47 Å². The second kappa shape index (κ2) is 8.19. The van der Waals surface area contributed by atoms with E-state index < -0.39 is 5.25 Å². The normalized spacial score (nSPS) is 12.1. The van der Waals surface area contributed by atoms with Crippen molar-refractivity contribution in [2.24, 2.45) is 0 Å². The number of nitrogens with zero attached hydrogens (tertiary/aromatic N) is 4. The molecule has 0 saturated heterocycles. The zero-order valence-corrected chi connectivity index (χ0v) is 17.9. The van der Waals surface area contributed by atoms with Crippen LogP contribution in [-0.2, 0) is 0 Å². The van der Waals surface area contributed by atoms with Crippen LogP contribution in [0.25, 0.3) is 16.6 Å².